The first-order valence-electron chi connectivity index (χ1n) is 15.0. The van der Waals surface area contributed by atoms with E-state index in [9.17, 15) is 24.0 Å². The van der Waals surface area contributed by atoms with Crippen LogP contribution in [0.15, 0.2) is 54.6 Å². The molecule has 4 aliphatic rings. The van der Waals surface area contributed by atoms with Crippen molar-refractivity contribution in [2.24, 2.45) is 5.92 Å². The smallest absolute Gasteiger partial charge is 0.245 e. The predicted molar refractivity (Wildman–Crippen MR) is 158 cm³/mol. The van der Waals surface area contributed by atoms with Crippen LogP contribution in [0.1, 0.15) is 50.2 Å². The number of fused-ring (bicyclic) bond motifs is 15. The van der Waals surface area contributed by atoms with Gasteiger partial charge >= 0.3 is 0 Å². The van der Waals surface area contributed by atoms with Crippen molar-refractivity contribution < 1.29 is 28.7 Å². The Bertz CT molecular complexity index is 1340. The summed E-state index contributed by atoms with van der Waals surface area (Å²) in [6, 6.07) is 13.5. The van der Waals surface area contributed by atoms with Gasteiger partial charge < -0.3 is 31.3 Å². The van der Waals surface area contributed by atoms with Crippen molar-refractivity contribution in [3.63, 3.8) is 0 Å². The summed E-state index contributed by atoms with van der Waals surface area (Å²) in [5, 5.41) is 14.1. The first-order valence-corrected chi connectivity index (χ1v) is 15.0. The fraction of sp³-hybridized carbons (Fsp3) is 0.469. The van der Waals surface area contributed by atoms with Gasteiger partial charge in [0, 0.05) is 18.8 Å². The summed E-state index contributed by atoms with van der Waals surface area (Å²) in [6.45, 7) is 2.00. The van der Waals surface area contributed by atoms with E-state index in [1.807, 2.05) is 42.5 Å². The quantitative estimate of drug-likeness (QED) is 0.334. The lowest BCUT2D eigenvalue weighted by atomic mass is 9.84. The van der Waals surface area contributed by atoms with Crippen molar-refractivity contribution in [3.05, 3.63) is 65.7 Å². The third-order valence-electron chi connectivity index (χ3n) is 8.34. The van der Waals surface area contributed by atoms with Crippen LogP contribution in [0.25, 0.3) is 0 Å². The van der Waals surface area contributed by atoms with E-state index in [1.165, 1.54) is 6.92 Å². The molecule has 2 aliphatic heterocycles. The predicted octanol–water partition coefficient (Wildman–Crippen LogP) is 0.904. The summed E-state index contributed by atoms with van der Waals surface area (Å²) in [6.07, 6.45) is 3.94. The largest absolute Gasteiger partial charge is 0.492 e. The average molecular weight is 590 g/mol. The molecule has 11 heteroatoms. The second kappa shape index (κ2) is 13.3. The van der Waals surface area contributed by atoms with Crippen LogP contribution >= 0.6 is 0 Å². The van der Waals surface area contributed by atoms with Gasteiger partial charge in [0.05, 0.1) is 6.54 Å². The molecule has 11 nitrogen and oxygen atoms in total. The highest BCUT2D eigenvalue weighted by Crippen LogP contribution is 2.35. The Kier molecular flexibility index (Phi) is 9.27. The number of ether oxygens (including phenoxy) is 1. The maximum atomic E-state index is 13.5. The minimum Gasteiger partial charge on any atom is -0.492 e. The van der Waals surface area contributed by atoms with Gasteiger partial charge in [-0.25, -0.2) is 0 Å². The first-order chi connectivity index (χ1) is 20.7. The molecular formula is C32H39N5O6. The van der Waals surface area contributed by atoms with Crippen LogP contribution in [-0.4, -0.2) is 66.4 Å². The number of amides is 5. The molecule has 228 valence electrons. The van der Waals surface area contributed by atoms with Crippen LogP contribution in [0.3, 0.4) is 0 Å². The Morgan fingerprint density at radius 3 is 2.30 bits per heavy atom. The van der Waals surface area contributed by atoms with Crippen LogP contribution in [-0.2, 0) is 36.8 Å². The standard InChI is InChI=1S/C32H39N5O6/c1-20-27(38)35-26(18-21-6-3-2-4-7-21)30(41)37-32(14-15-32)31(42)33-16-17-43-24-12-10-22(11-13-24)19-25(29(40)34-20)36-28(39)23-8-5-9-23/h2-4,6-7,10-13,20,23,25-26H,5,8-9,14-19H2,1H3,(H,33,42)(H,34,40)(H,35,38)(H,36,39)(H,37,41)/t20-,25-,26+/m0/s1. The summed E-state index contributed by atoms with van der Waals surface area (Å²) in [5.74, 6) is -1.53. The number of nitrogens with one attached hydrogen (secondary N) is 5. The Hall–Kier alpha value is -4.41. The molecule has 2 bridgehead atoms. The van der Waals surface area contributed by atoms with Crippen molar-refractivity contribution in [3.8, 4) is 5.75 Å². The van der Waals surface area contributed by atoms with Crippen molar-refractivity contribution in [1.29, 1.82) is 0 Å². The van der Waals surface area contributed by atoms with Gasteiger partial charge in [0.25, 0.3) is 0 Å². The fourth-order valence-corrected chi connectivity index (χ4v) is 5.22. The molecule has 3 atom stereocenters. The molecule has 0 unspecified atom stereocenters. The summed E-state index contributed by atoms with van der Waals surface area (Å²) >= 11 is 0. The highest BCUT2D eigenvalue weighted by Gasteiger charge is 2.51. The molecule has 2 aliphatic carbocycles. The average Bonchev–Trinajstić information content (AvgIpc) is 3.75. The minimum absolute atomic E-state index is 0.113. The third kappa shape index (κ3) is 7.71. The second-order valence-corrected chi connectivity index (χ2v) is 11.7. The number of hydrogen-bond acceptors (Lipinski definition) is 6. The zero-order valence-electron chi connectivity index (χ0n) is 24.3. The molecular weight excluding hydrogens is 550 g/mol. The van der Waals surface area contributed by atoms with Gasteiger partial charge in [0.2, 0.25) is 29.5 Å². The van der Waals surface area contributed by atoms with Crippen molar-refractivity contribution in [2.75, 3.05) is 13.2 Å². The van der Waals surface area contributed by atoms with Crippen LogP contribution in [0.5, 0.6) is 5.75 Å². The van der Waals surface area contributed by atoms with E-state index in [4.69, 9.17) is 4.74 Å². The van der Waals surface area contributed by atoms with Crippen molar-refractivity contribution >= 4 is 29.5 Å². The third-order valence-corrected chi connectivity index (χ3v) is 8.34. The van der Waals surface area contributed by atoms with Gasteiger partial charge in [-0.1, -0.05) is 48.9 Å². The topological polar surface area (TPSA) is 155 Å². The van der Waals surface area contributed by atoms with E-state index < -0.39 is 41.4 Å². The minimum atomic E-state index is -1.04. The summed E-state index contributed by atoms with van der Waals surface area (Å²) in [7, 11) is 0. The van der Waals surface area contributed by atoms with Gasteiger partial charge in [0.15, 0.2) is 0 Å². The molecule has 5 N–H and O–H groups in total. The molecule has 6 rings (SSSR count). The van der Waals surface area contributed by atoms with Crippen molar-refractivity contribution in [2.45, 2.75) is 75.5 Å². The maximum Gasteiger partial charge on any atom is 0.245 e. The van der Waals surface area contributed by atoms with Crippen LogP contribution in [0.4, 0.5) is 0 Å². The molecule has 0 aromatic heterocycles. The van der Waals surface area contributed by atoms with Gasteiger partial charge in [-0.3, -0.25) is 24.0 Å². The number of carbonyl (C=O) groups excluding carboxylic acids is 5. The van der Waals surface area contributed by atoms with Crippen LogP contribution in [0, 0.1) is 5.92 Å². The monoisotopic (exact) mass is 589 g/mol. The second-order valence-electron chi connectivity index (χ2n) is 11.7. The Balaban J connectivity index is 1.37. The molecule has 1 spiro atoms. The molecule has 2 heterocycles. The van der Waals surface area contributed by atoms with Gasteiger partial charge in [-0.15, -0.1) is 0 Å². The van der Waals surface area contributed by atoms with Gasteiger partial charge in [-0.05, 0) is 55.9 Å². The molecule has 0 saturated heterocycles. The zero-order valence-corrected chi connectivity index (χ0v) is 24.3. The van der Waals surface area contributed by atoms with Crippen molar-refractivity contribution in [1.82, 2.24) is 26.6 Å². The Morgan fingerprint density at radius 2 is 1.65 bits per heavy atom. The lowest BCUT2D eigenvalue weighted by Gasteiger charge is -2.28. The number of rotatable bonds is 4. The van der Waals surface area contributed by atoms with Crippen LogP contribution in [0.2, 0.25) is 0 Å². The molecule has 5 amide bonds. The van der Waals surface area contributed by atoms with Gasteiger partial charge in [0.1, 0.15) is 36.0 Å². The first kappa shape index (κ1) is 30.1. The summed E-state index contributed by atoms with van der Waals surface area (Å²) in [5.41, 5.74) is 0.590. The van der Waals surface area contributed by atoms with E-state index in [-0.39, 0.29) is 43.7 Å². The van der Waals surface area contributed by atoms with Crippen LogP contribution < -0.4 is 31.3 Å². The van der Waals surface area contributed by atoms with E-state index in [2.05, 4.69) is 26.6 Å². The van der Waals surface area contributed by atoms with E-state index >= 15 is 0 Å². The Labute approximate surface area is 250 Å². The molecule has 2 aromatic rings. The fourth-order valence-electron chi connectivity index (χ4n) is 5.22. The molecule has 0 radical (unpaired) electrons. The highest BCUT2D eigenvalue weighted by molar-refractivity contribution is 5.98. The lowest BCUT2D eigenvalue weighted by molar-refractivity contribution is -0.135. The summed E-state index contributed by atoms with van der Waals surface area (Å²) < 4.78 is 5.78. The molecule has 2 aromatic carbocycles. The number of carbonyl (C=O) groups is 5. The molecule has 2 fully saturated rings. The SMILES string of the molecule is C[C@@H]1NC(=O)[C@@H](NC(=O)C2CCC2)Cc2ccc(cc2)OCCNC(=O)C2(CC2)NC(=O)[C@@H](Cc2ccccc2)NC1=O. The van der Waals surface area contributed by atoms with E-state index in [0.717, 1.165) is 30.4 Å². The number of hydrogen-bond donors (Lipinski definition) is 5. The Morgan fingerprint density at radius 1 is 0.930 bits per heavy atom. The maximum absolute atomic E-state index is 13.5. The van der Waals surface area contributed by atoms with Gasteiger partial charge in [-0.2, -0.15) is 0 Å². The lowest BCUT2D eigenvalue weighted by Crippen LogP contribution is -2.59. The molecule has 2 saturated carbocycles. The van der Waals surface area contributed by atoms with E-state index in [1.54, 1.807) is 12.1 Å². The highest BCUT2D eigenvalue weighted by atomic mass is 16.5. The zero-order chi connectivity index (χ0) is 30.4. The summed E-state index contributed by atoms with van der Waals surface area (Å²) in [4.78, 5) is 66.0. The molecule has 43 heavy (non-hydrogen) atoms. The van der Waals surface area contributed by atoms with E-state index in [0.29, 0.717) is 18.6 Å². The number of benzene rings is 2. The normalized spacial score (nSPS) is 24.8.